The number of nitrogens with zero attached hydrogens (tertiary/aromatic N) is 1. The number of nitrogens with one attached hydrogen (secondary N) is 2. The molecular weight excluding hydrogens is 485 g/mol. The SMILES string of the molecule is CCNC(=NCC(C)(O)c1ccsc1)NCC(C)COCc1ccccc1.I. The van der Waals surface area contributed by atoms with E-state index in [-0.39, 0.29) is 24.0 Å². The van der Waals surface area contributed by atoms with Crippen LogP contribution in [0.5, 0.6) is 0 Å². The average Bonchev–Trinajstić information content (AvgIpc) is 3.21. The van der Waals surface area contributed by atoms with Crippen LogP contribution in [0.3, 0.4) is 0 Å². The van der Waals surface area contributed by atoms with Gasteiger partial charge in [-0.3, -0.25) is 0 Å². The Morgan fingerprint density at radius 1 is 1.25 bits per heavy atom. The van der Waals surface area contributed by atoms with Crippen LogP contribution in [0.25, 0.3) is 0 Å². The first-order valence-corrected chi connectivity index (χ1v) is 10.3. The van der Waals surface area contributed by atoms with E-state index in [0.717, 1.165) is 18.7 Å². The van der Waals surface area contributed by atoms with Gasteiger partial charge in [0.15, 0.2) is 5.96 Å². The van der Waals surface area contributed by atoms with Gasteiger partial charge in [-0.25, -0.2) is 4.99 Å². The molecule has 0 spiro atoms. The lowest BCUT2D eigenvalue weighted by atomic mass is 10.00. The maximum Gasteiger partial charge on any atom is 0.191 e. The van der Waals surface area contributed by atoms with Crippen molar-refractivity contribution in [2.24, 2.45) is 10.9 Å². The van der Waals surface area contributed by atoms with E-state index in [1.54, 1.807) is 18.3 Å². The van der Waals surface area contributed by atoms with E-state index in [1.165, 1.54) is 5.56 Å². The number of hydrogen-bond acceptors (Lipinski definition) is 4. The molecule has 0 radical (unpaired) electrons. The number of halogens is 1. The van der Waals surface area contributed by atoms with Crippen LogP contribution in [-0.2, 0) is 16.9 Å². The largest absolute Gasteiger partial charge is 0.383 e. The number of aliphatic imine (C=N–C) groups is 1. The van der Waals surface area contributed by atoms with E-state index in [2.05, 4.69) is 34.7 Å². The van der Waals surface area contributed by atoms with Crippen LogP contribution in [0, 0.1) is 5.92 Å². The molecule has 1 aromatic carbocycles. The molecule has 0 aliphatic rings. The molecule has 0 saturated carbocycles. The van der Waals surface area contributed by atoms with Gasteiger partial charge < -0.3 is 20.5 Å². The molecule has 0 amide bonds. The second kappa shape index (κ2) is 13.1. The van der Waals surface area contributed by atoms with Gasteiger partial charge in [0.25, 0.3) is 0 Å². The molecule has 2 rings (SSSR count). The Morgan fingerprint density at radius 3 is 2.64 bits per heavy atom. The molecule has 0 fully saturated rings. The topological polar surface area (TPSA) is 65.9 Å². The predicted molar refractivity (Wildman–Crippen MR) is 129 cm³/mol. The minimum atomic E-state index is -0.966. The molecule has 28 heavy (non-hydrogen) atoms. The third-order valence-corrected chi connectivity index (χ3v) is 4.85. The van der Waals surface area contributed by atoms with Crippen LogP contribution in [0.15, 0.2) is 52.2 Å². The predicted octanol–water partition coefficient (Wildman–Crippen LogP) is 3.98. The minimum absolute atomic E-state index is 0. The Kier molecular flexibility index (Phi) is 11.7. The molecule has 0 saturated heterocycles. The summed E-state index contributed by atoms with van der Waals surface area (Å²) in [4.78, 5) is 4.55. The molecule has 2 aromatic rings. The number of rotatable bonds is 10. The Morgan fingerprint density at radius 2 is 2.00 bits per heavy atom. The van der Waals surface area contributed by atoms with Gasteiger partial charge in [0, 0.05) is 13.1 Å². The smallest absolute Gasteiger partial charge is 0.191 e. The van der Waals surface area contributed by atoms with Gasteiger partial charge in [0.05, 0.1) is 19.8 Å². The number of guanidine groups is 1. The van der Waals surface area contributed by atoms with Crippen molar-refractivity contribution in [3.63, 3.8) is 0 Å². The number of hydrogen-bond donors (Lipinski definition) is 3. The quantitative estimate of drug-likeness (QED) is 0.254. The summed E-state index contributed by atoms with van der Waals surface area (Å²) < 4.78 is 5.80. The standard InChI is InChI=1S/C21H31N3O2S.HI/c1-4-22-20(24-16-21(3,25)19-10-11-27-15-19)23-12-17(2)13-26-14-18-8-6-5-7-9-18;/h5-11,15,17,25H,4,12-14,16H2,1-3H3,(H2,22,23,24);1H. The molecule has 3 N–H and O–H groups in total. The van der Waals surface area contributed by atoms with Crippen molar-refractivity contribution >= 4 is 41.3 Å². The van der Waals surface area contributed by atoms with Crippen molar-refractivity contribution in [2.75, 3.05) is 26.2 Å². The van der Waals surface area contributed by atoms with E-state index in [4.69, 9.17) is 4.74 Å². The van der Waals surface area contributed by atoms with Crippen molar-refractivity contribution < 1.29 is 9.84 Å². The van der Waals surface area contributed by atoms with E-state index in [0.29, 0.717) is 31.6 Å². The molecule has 1 aromatic heterocycles. The minimum Gasteiger partial charge on any atom is -0.383 e. The van der Waals surface area contributed by atoms with Crippen LogP contribution in [0.1, 0.15) is 31.9 Å². The second-order valence-electron chi connectivity index (χ2n) is 6.97. The van der Waals surface area contributed by atoms with Gasteiger partial charge in [-0.05, 0) is 47.7 Å². The molecule has 156 valence electrons. The zero-order chi connectivity index (χ0) is 19.5. The van der Waals surface area contributed by atoms with Crippen LogP contribution < -0.4 is 10.6 Å². The highest BCUT2D eigenvalue weighted by Gasteiger charge is 2.23. The highest BCUT2D eigenvalue weighted by molar-refractivity contribution is 14.0. The molecule has 2 unspecified atom stereocenters. The normalized spacial score (nSPS) is 14.6. The maximum absolute atomic E-state index is 10.6. The molecule has 7 heteroatoms. The van der Waals surface area contributed by atoms with Crippen molar-refractivity contribution in [1.82, 2.24) is 10.6 Å². The summed E-state index contributed by atoms with van der Waals surface area (Å²) in [6.45, 7) is 9.09. The first-order valence-electron chi connectivity index (χ1n) is 9.40. The lowest BCUT2D eigenvalue weighted by molar-refractivity contribution is 0.0676. The summed E-state index contributed by atoms with van der Waals surface area (Å²) in [5, 5.41) is 21.1. The Hall–Kier alpha value is -1.16. The lowest BCUT2D eigenvalue weighted by Gasteiger charge is -2.21. The van der Waals surface area contributed by atoms with Gasteiger partial charge >= 0.3 is 0 Å². The van der Waals surface area contributed by atoms with Crippen molar-refractivity contribution in [2.45, 2.75) is 33.0 Å². The monoisotopic (exact) mass is 517 g/mol. The van der Waals surface area contributed by atoms with E-state index in [1.807, 2.05) is 41.9 Å². The molecular formula is C21H32IN3O2S. The molecule has 5 nitrogen and oxygen atoms in total. The molecule has 1 heterocycles. The second-order valence-corrected chi connectivity index (χ2v) is 7.75. The fourth-order valence-corrected chi connectivity index (χ4v) is 3.30. The third-order valence-electron chi connectivity index (χ3n) is 4.16. The van der Waals surface area contributed by atoms with Crippen LogP contribution in [0.2, 0.25) is 0 Å². The lowest BCUT2D eigenvalue weighted by Crippen LogP contribution is -2.41. The van der Waals surface area contributed by atoms with E-state index < -0.39 is 5.60 Å². The fourth-order valence-electron chi connectivity index (χ4n) is 2.52. The molecule has 2 atom stereocenters. The van der Waals surface area contributed by atoms with Crippen LogP contribution in [0.4, 0.5) is 0 Å². The highest BCUT2D eigenvalue weighted by atomic mass is 127. The number of aliphatic hydroxyl groups is 1. The summed E-state index contributed by atoms with van der Waals surface area (Å²) in [5.74, 6) is 1.05. The Bertz CT molecular complexity index is 678. The fraction of sp³-hybridized carbons (Fsp3) is 0.476. The maximum atomic E-state index is 10.6. The van der Waals surface area contributed by atoms with Gasteiger partial charge in [0.2, 0.25) is 0 Å². The van der Waals surface area contributed by atoms with Crippen molar-refractivity contribution in [3.05, 3.63) is 58.3 Å². The van der Waals surface area contributed by atoms with Gasteiger partial charge in [-0.15, -0.1) is 24.0 Å². The van der Waals surface area contributed by atoms with Crippen molar-refractivity contribution in [3.8, 4) is 0 Å². The number of thiophene rings is 1. The van der Waals surface area contributed by atoms with E-state index in [9.17, 15) is 5.11 Å². The number of ether oxygens (including phenoxy) is 1. The first kappa shape index (κ1) is 24.9. The highest BCUT2D eigenvalue weighted by Crippen LogP contribution is 2.23. The zero-order valence-corrected chi connectivity index (χ0v) is 20.0. The van der Waals surface area contributed by atoms with Gasteiger partial charge in [-0.2, -0.15) is 11.3 Å². The van der Waals surface area contributed by atoms with Gasteiger partial charge in [-0.1, -0.05) is 37.3 Å². The summed E-state index contributed by atoms with van der Waals surface area (Å²) in [7, 11) is 0. The molecule has 0 aliphatic carbocycles. The summed E-state index contributed by atoms with van der Waals surface area (Å²) >= 11 is 1.58. The average molecular weight is 517 g/mol. The van der Waals surface area contributed by atoms with Crippen molar-refractivity contribution in [1.29, 1.82) is 0 Å². The van der Waals surface area contributed by atoms with Gasteiger partial charge in [0.1, 0.15) is 5.60 Å². The molecule has 0 aliphatic heterocycles. The van der Waals surface area contributed by atoms with Crippen LogP contribution >= 0.6 is 35.3 Å². The summed E-state index contributed by atoms with van der Waals surface area (Å²) in [6.07, 6.45) is 0. The van der Waals surface area contributed by atoms with E-state index >= 15 is 0 Å². The Labute approximate surface area is 189 Å². The summed E-state index contributed by atoms with van der Waals surface area (Å²) in [6, 6.07) is 12.1. The third kappa shape index (κ3) is 8.89. The molecule has 0 bridgehead atoms. The van der Waals surface area contributed by atoms with Crippen LogP contribution in [-0.4, -0.2) is 37.3 Å². The Balaban J connectivity index is 0.00000392. The first-order chi connectivity index (χ1) is 13.0. The zero-order valence-electron chi connectivity index (χ0n) is 16.9. The number of benzene rings is 1. The summed E-state index contributed by atoms with van der Waals surface area (Å²) in [5.41, 5.74) is 1.12.